The number of carbonyl (C=O) groups is 3. The van der Waals surface area contributed by atoms with Gasteiger partial charge in [0, 0.05) is 27.7 Å². The number of carboxylic acids is 1. The van der Waals surface area contributed by atoms with Crippen LogP contribution in [0, 0.1) is 19.7 Å². The molecule has 0 unspecified atom stereocenters. The Labute approximate surface area is 563 Å². The number of carboxylic acid groups (broad SMARTS) is 1. The maximum atomic E-state index is 13.3. The quantitative estimate of drug-likeness (QED) is 0.0156. The number of hydrogen-bond acceptors (Lipinski definition) is 15. The first kappa shape index (κ1) is 76.2. The Balaban J connectivity index is 0.000000218. The summed E-state index contributed by atoms with van der Waals surface area (Å²) >= 11 is 0. The van der Waals surface area contributed by atoms with E-state index in [0.29, 0.717) is 51.9 Å². The molecule has 34 heteroatoms. The highest BCUT2D eigenvalue weighted by Crippen LogP contribution is 2.40. The highest BCUT2D eigenvalue weighted by Gasteiger charge is 2.35. The summed E-state index contributed by atoms with van der Waals surface area (Å²) in [5.41, 5.74) is 3.99. The molecule has 0 aliphatic carbocycles. The lowest BCUT2D eigenvalue weighted by Gasteiger charge is -2.17. The van der Waals surface area contributed by atoms with Gasteiger partial charge < -0.3 is 36.3 Å². The van der Waals surface area contributed by atoms with Crippen molar-refractivity contribution in [1.29, 1.82) is 0 Å². The van der Waals surface area contributed by atoms with Crippen LogP contribution in [0.5, 0.6) is 0 Å². The van der Waals surface area contributed by atoms with Gasteiger partial charge in [-0.1, -0.05) is 72.8 Å². The van der Waals surface area contributed by atoms with E-state index in [1.165, 1.54) is 116 Å². The van der Waals surface area contributed by atoms with Gasteiger partial charge in [-0.2, -0.15) is 39.5 Å². The van der Waals surface area contributed by atoms with Crippen LogP contribution < -0.4 is 31.1 Å². The first-order chi connectivity index (χ1) is 46.4. The Morgan fingerprint density at radius 1 is 0.424 bits per heavy atom. The summed E-state index contributed by atoms with van der Waals surface area (Å²) in [5.74, 6) is -3.16. The van der Waals surface area contributed by atoms with Gasteiger partial charge in [-0.05, 0) is 127 Å². The Morgan fingerprint density at radius 2 is 0.717 bits per heavy atom. The number of carbonyl (C=O) groups excluding carboxylic acids is 2. The maximum absolute atomic E-state index is 13.3. The highest BCUT2D eigenvalue weighted by molar-refractivity contribution is 8.13. The molecule has 0 aliphatic heterocycles. The molecular formula is C65H47ClF9N9O12S3. The second kappa shape index (κ2) is 32.3. The first-order valence-electron chi connectivity index (χ1n) is 27.2. The number of halogens is 10. The van der Waals surface area contributed by atoms with E-state index in [2.05, 4.69) is 49.4 Å². The number of hydrogen-bond donors (Lipinski definition) is 7. The zero-order valence-electron chi connectivity index (χ0n) is 50.4. The molecule has 0 amide bonds. The van der Waals surface area contributed by atoms with E-state index < -0.39 is 109 Å². The number of nitrogens with one attached hydrogen (secondary N) is 5. The largest absolute Gasteiger partial charge is 0.478 e. The number of esters is 2. The Kier molecular flexibility index (Phi) is 24.8. The van der Waals surface area contributed by atoms with Crippen molar-refractivity contribution in [2.75, 3.05) is 45.3 Å². The number of sulfonamides is 2. The molecule has 0 atom stereocenters. The number of ether oxygens (including phenoxy) is 2. The molecule has 0 aromatic heterocycles. The molecule has 0 radical (unpaired) electrons. The van der Waals surface area contributed by atoms with E-state index in [1.54, 1.807) is 24.3 Å². The van der Waals surface area contributed by atoms with Gasteiger partial charge in [0.2, 0.25) is 0 Å². The molecule has 99 heavy (non-hydrogen) atoms. The molecule has 0 saturated carbocycles. The minimum atomic E-state index is -4.74. The second-order valence-corrected chi connectivity index (χ2v) is 25.4. The standard InChI is InChI=1S/C22H16F3N3O4S.C21H14F3N3O4S.C14H10F3N3.C8H7ClO4S/c1-26-15-8-10-16(11-9-15)27-18-12-7-14(22(23,24)25)13-19(18)28-33(30,31)20-6-4-3-5-17(20)21(29)32-2;1-25-14-7-9-15(10-8-14)26-17-11-6-13(21(22,23)24)12-18(17)27-32(30,31)19-5-3-2-4-16(19)20(28)29;1-19-10-3-5-11(6-4-10)20-13-7-2-9(8-12(13)18)14(15,16)17;1-13-8(10)6-4-2-3-5-7(6)14(9,11)12/h3-13,27-28H,2H3;2-12,26-27H,(H,28,29);2-8,20H,18H2;2-5H,1H3. The van der Waals surface area contributed by atoms with Gasteiger partial charge in [-0.3, -0.25) is 9.44 Å². The molecule has 0 aliphatic rings. The molecule has 9 aromatic carbocycles. The summed E-state index contributed by atoms with van der Waals surface area (Å²) in [4.78, 5) is 43.0. The van der Waals surface area contributed by atoms with Crippen molar-refractivity contribution in [2.45, 2.75) is 33.2 Å². The third kappa shape index (κ3) is 21.1. The van der Waals surface area contributed by atoms with Crippen molar-refractivity contribution in [1.82, 2.24) is 0 Å². The first-order valence-corrected chi connectivity index (χ1v) is 32.5. The maximum Gasteiger partial charge on any atom is 0.416 e. The molecule has 0 heterocycles. The Bertz CT molecular complexity index is 4960. The van der Waals surface area contributed by atoms with Crippen molar-refractivity contribution in [3.63, 3.8) is 0 Å². The van der Waals surface area contributed by atoms with Crippen LogP contribution in [0.25, 0.3) is 14.5 Å². The van der Waals surface area contributed by atoms with Crippen molar-refractivity contribution < 1.29 is 93.7 Å². The third-order valence-corrected chi connectivity index (χ3v) is 17.2. The number of rotatable bonds is 16. The van der Waals surface area contributed by atoms with Crippen LogP contribution in [-0.4, -0.2) is 62.5 Å². The Morgan fingerprint density at radius 3 is 1.03 bits per heavy atom. The van der Waals surface area contributed by atoms with Crippen molar-refractivity contribution in [3.8, 4) is 0 Å². The van der Waals surface area contributed by atoms with E-state index in [9.17, 15) is 84.3 Å². The normalized spacial score (nSPS) is 11.2. The van der Waals surface area contributed by atoms with E-state index in [0.717, 1.165) is 61.7 Å². The van der Waals surface area contributed by atoms with Gasteiger partial charge in [-0.15, -0.1) is 0 Å². The number of nitrogens with zero attached hydrogens (tertiary/aromatic N) is 3. The van der Waals surface area contributed by atoms with Crippen LogP contribution >= 0.6 is 10.7 Å². The molecular weight excluding hydrogens is 1400 g/mol. The molecule has 8 N–H and O–H groups in total. The van der Waals surface area contributed by atoms with Crippen molar-refractivity contribution in [3.05, 3.63) is 268 Å². The Hall–Kier alpha value is -11.8. The van der Waals surface area contributed by atoms with Crippen LogP contribution in [0.3, 0.4) is 0 Å². The molecule has 0 fully saturated rings. The van der Waals surface area contributed by atoms with Crippen LogP contribution in [-0.2, 0) is 57.1 Å². The van der Waals surface area contributed by atoms with Crippen LogP contribution in [0.1, 0.15) is 47.8 Å². The molecule has 0 bridgehead atoms. The molecule has 0 spiro atoms. The van der Waals surface area contributed by atoms with E-state index in [-0.39, 0.29) is 33.1 Å². The molecule has 21 nitrogen and oxygen atoms in total. The summed E-state index contributed by atoms with van der Waals surface area (Å²) in [7, 11) is -5.58. The smallest absolute Gasteiger partial charge is 0.416 e. The lowest BCUT2D eigenvalue weighted by molar-refractivity contribution is -0.138. The summed E-state index contributed by atoms with van der Waals surface area (Å²) in [5, 5.41) is 17.8. The summed E-state index contributed by atoms with van der Waals surface area (Å²) in [6, 6.07) is 42.1. The molecule has 0 saturated heterocycles. The number of nitrogen functional groups attached to an aromatic ring is 1. The zero-order chi connectivity index (χ0) is 73.3. The number of benzene rings is 9. The monoisotopic (exact) mass is 1450 g/mol. The average Bonchev–Trinajstić information content (AvgIpc) is 0.796. The van der Waals surface area contributed by atoms with Crippen LogP contribution in [0.2, 0.25) is 0 Å². The fraction of sp³-hybridized carbons (Fsp3) is 0.0769. The SMILES string of the molecule is COC(=O)c1ccccc1S(=O)(=O)Cl.[C-]#[N+]c1ccc(Nc2ccc(C(F)(F)F)cc2N)cc1.[C-]#[N+]c1ccc(Nc2ccc(C(F)(F)F)cc2NS(=O)(=O)c2ccccc2C(=O)O)cc1.[C-]#[N+]c1ccc(Nc2ccc(C(F)(F)F)cc2NS(=O)(=O)c2ccccc2C(=O)OC)cc1. The lowest BCUT2D eigenvalue weighted by atomic mass is 10.1. The topological polar surface area (TPSA) is 292 Å². The van der Waals surface area contributed by atoms with Gasteiger partial charge in [-0.25, -0.2) is 54.2 Å². The fourth-order valence-electron chi connectivity index (χ4n) is 8.22. The van der Waals surface area contributed by atoms with Gasteiger partial charge in [0.25, 0.3) is 29.1 Å². The predicted molar refractivity (Wildman–Crippen MR) is 350 cm³/mol. The van der Waals surface area contributed by atoms with Gasteiger partial charge in [0.05, 0.1) is 106 Å². The molecule has 9 aromatic rings. The van der Waals surface area contributed by atoms with Crippen molar-refractivity contribution in [2.24, 2.45) is 0 Å². The summed E-state index contributed by atoms with van der Waals surface area (Å²) < 4.78 is 204. The fourth-order valence-corrected chi connectivity index (χ4v) is 11.8. The summed E-state index contributed by atoms with van der Waals surface area (Å²) in [6.07, 6.45) is -13.9. The summed E-state index contributed by atoms with van der Waals surface area (Å²) in [6.45, 7) is 20.8. The number of alkyl halides is 9. The number of anilines is 9. The van der Waals surface area contributed by atoms with E-state index in [4.69, 9.17) is 36.1 Å². The zero-order valence-corrected chi connectivity index (χ0v) is 53.6. The van der Waals surface area contributed by atoms with Gasteiger partial charge in [0.15, 0.2) is 17.1 Å². The number of aromatic carboxylic acids is 1. The van der Waals surface area contributed by atoms with Crippen molar-refractivity contribution >= 4 is 126 Å². The van der Waals surface area contributed by atoms with Crippen LogP contribution in [0.15, 0.2) is 215 Å². The minimum Gasteiger partial charge on any atom is -0.478 e. The number of nitrogens with two attached hydrogens (primary N) is 1. The highest BCUT2D eigenvalue weighted by atomic mass is 35.7. The molecule has 512 valence electrons. The van der Waals surface area contributed by atoms with Crippen LogP contribution in [0.4, 0.5) is 108 Å². The van der Waals surface area contributed by atoms with Gasteiger partial charge >= 0.3 is 36.4 Å². The lowest BCUT2D eigenvalue weighted by Crippen LogP contribution is -2.18. The second-order valence-electron chi connectivity index (χ2n) is 19.6. The predicted octanol–water partition coefficient (Wildman–Crippen LogP) is 17.1. The third-order valence-electron chi connectivity index (χ3n) is 12.9. The average molecular weight is 1450 g/mol. The number of methoxy groups -OCH3 is 2. The van der Waals surface area contributed by atoms with Gasteiger partial charge in [0.1, 0.15) is 9.79 Å². The molecule has 9 rings (SSSR count). The van der Waals surface area contributed by atoms with E-state index >= 15 is 0 Å². The minimum absolute atomic E-state index is 0.00841. The van der Waals surface area contributed by atoms with E-state index in [1.807, 2.05) is 0 Å².